The van der Waals surface area contributed by atoms with Gasteiger partial charge in [-0.05, 0) is 31.5 Å². The highest BCUT2D eigenvalue weighted by Crippen LogP contribution is 2.33. The zero-order valence-electron chi connectivity index (χ0n) is 11.6. The Morgan fingerprint density at radius 2 is 1.24 bits per heavy atom. The van der Waals surface area contributed by atoms with E-state index in [0.717, 1.165) is 11.1 Å². The molecule has 0 aliphatic carbocycles. The molecule has 0 spiro atoms. The van der Waals surface area contributed by atoms with Gasteiger partial charge in [0.15, 0.2) is 4.36 Å². The first-order valence-corrected chi connectivity index (χ1v) is 8.50. The first-order valence-electron chi connectivity index (χ1n) is 6.26. The van der Waals surface area contributed by atoms with E-state index in [0.29, 0.717) is 5.56 Å². The molecule has 0 aliphatic rings. The largest absolute Gasteiger partial charge is 0.218 e. The van der Waals surface area contributed by atoms with Gasteiger partial charge in [0.1, 0.15) is 0 Å². The number of aryl methyl sites for hydroxylation is 2. The van der Waals surface area contributed by atoms with Crippen molar-refractivity contribution in [2.75, 3.05) is 0 Å². The van der Waals surface area contributed by atoms with E-state index in [2.05, 4.69) is 0 Å². The highest BCUT2D eigenvalue weighted by atomic mass is 35.5. The highest BCUT2D eigenvalue weighted by molar-refractivity contribution is 7.97. The van der Waals surface area contributed by atoms with E-state index >= 15 is 0 Å². The van der Waals surface area contributed by atoms with Crippen LogP contribution in [0.3, 0.4) is 0 Å². The molecule has 2 nitrogen and oxygen atoms in total. The summed E-state index contributed by atoms with van der Waals surface area (Å²) in [6, 6.07) is 13.7. The van der Waals surface area contributed by atoms with Crippen LogP contribution in [-0.4, -0.2) is 8.42 Å². The molecule has 0 amide bonds. The molecule has 0 bridgehead atoms. The summed E-state index contributed by atoms with van der Waals surface area (Å²) in [6.45, 7) is 3.82. The average Bonchev–Trinajstić information content (AvgIpc) is 2.47. The molecular formula is C16H14Cl2O2S. The predicted molar refractivity (Wildman–Crippen MR) is 88.2 cm³/mol. The van der Waals surface area contributed by atoms with Crippen molar-refractivity contribution in [2.24, 2.45) is 0 Å². The minimum absolute atomic E-state index is 0.0252. The fourth-order valence-corrected chi connectivity index (χ4v) is 3.61. The molecule has 0 aliphatic heterocycles. The highest BCUT2D eigenvalue weighted by Gasteiger charge is 2.23. The third kappa shape index (κ3) is 3.49. The monoisotopic (exact) mass is 340 g/mol. The fourth-order valence-electron chi connectivity index (χ4n) is 1.75. The van der Waals surface area contributed by atoms with E-state index in [9.17, 15) is 8.42 Å². The topological polar surface area (TPSA) is 34.1 Å². The van der Waals surface area contributed by atoms with Crippen molar-refractivity contribution in [3.05, 3.63) is 69.6 Å². The number of benzene rings is 2. The predicted octanol–water partition coefficient (Wildman–Crippen LogP) is 4.88. The molecule has 2 rings (SSSR count). The fraction of sp³-hybridized carbons (Fsp3) is 0.125. The molecule has 0 N–H and O–H groups in total. The number of hydrogen-bond donors (Lipinski definition) is 0. The Hall–Kier alpha value is -1.29. The molecule has 0 atom stereocenters. The lowest BCUT2D eigenvalue weighted by molar-refractivity contribution is 0.604. The van der Waals surface area contributed by atoms with Gasteiger partial charge in [0.05, 0.1) is 9.93 Å². The summed E-state index contributed by atoms with van der Waals surface area (Å²) in [5.41, 5.74) is 2.60. The van der Waals surface area contributed by atoms with E-state index in [1.807, 2.05) is 26.0 Å². The molecule has 0 fully saturated rings. The van der Waals surface area contributed by atoms with Gasteiger partial charge < -0.3 is 0 Å². The number of halogens is 2. The Morgan fingerprint density at radius 1 is 0.810 bits per heavy atom. The number of rotatable bonds is 3. The maximum absolute atomic E-state index is 12.5. The number of hydrogen-bond acceptors (Lipinski definition) is 2. The molecule has 0 aromatic heterocycles. The summed E-state index contributed by atoms with van der Waals surface area (Å²) >= 11 is 12.2. The smallest absolute Gasteiger partial charge is 0.218 e. The average molecular weight is 341 g/mol. The van der Waals surface area contributed by atoms with E-state index in [1.54, 1.807) is 24.3 Å². The molecule has 2 aromatic carbocycles. The summed E-state index contributed by atoms with van der Waals surface area (Å²) in [5, 5.41) is 0.0252. The summed E-state index contributed by atoms with van der Waals surface area (Å²) in [5.74, 6) is 0. The van der Waals surface area contributed by atoms with E-state index in [1.165, 1.54) is 12.1 Å². The maximum Gasteiger partial charge on any atom is 0.218 e. The van der Waals surface area contributed by atoms with Crippen molar-refractivity contribution in [2.45, 2.75) is 18.7 Å². The van der Waals surface area contributed by atoms with Gasteiger partial charge in [-0.1, -0.05) is 70.7 Å². The summed E-state index contributed by atoms with van der Waals surface area (Å²) in [4.78, 5) is 0.128. The van der Waals surface area contributed by atoms with Gasteiger partial charge in [-0.25, -0.2) is 8.42 Å². The van der Waals surface area contributed by atoms with Crippen LogP contribution in [0.1, 0.15) is 16.7 Å². The van der Waals surface area contributed by atoms with Crippen LogP contribution in [0.2, 0.25) is 0 Å². The van der Waals surface area contributed by atoms with Crippen LogP contribution in [0.25, 0.3) is 5.03 Å². The van der Waals surface area contributed by atoms with Crippen LogP contribution in [0.5, 0.6) is 0 Å². The van der Waals surface area contributed by atoms with Gasteiger partial charge in [0.2, 0.25) is 9.84 Å². The lowest BCUT2D eigenvalue weighted by atomic mass is 10.1. The lowest BCUT2D eigenvalue weighted by Gasteiger charge is -2.07. The van der Waals surface area contributed by atoms with Crippen LogP contribution in [0.4, 0.5) is 0 Å². The van der Waals surface area contributed by atoms with Gasteiger partial charge in [-0.2, -0.15) is 0 Å². The van der Waals surface area contributed by atoms with Crippen molar-refractivity contribution >= 4 is 38.1 Å². The van der Waals surface area contributed by atoms with Crippen LogP contribution >= 0.6 is 23.2 Å². The number of sulfone groups is 1. The molecule has 0 radical (unpaired) electrons. The minimum Gasteiger partial charge on any atom is -0.218 e. The normalized spacial score (nSPS) is 13.0. The first-order chi connectivity index (χ1) is 9.82. The minimum atomic E-state index is -3.80. The Balaban J connectivity index is 2.50. The van der Waals surface area contributed by atoms with Crippen LogP contribution in [0.15, 0.2) is 57.8 Å². The van der Waals surface area contributed by atoms with Crippen molar-refractivity contribution < 1.29 is 8.42 Å². The molecular weight excluding hydrogens is 327 g/mol. The van der Waals surface area contributed by atoms with Crippen molar-refractivity contribution in [1.82, 2.24) is 0 Å². The molecule has 5 heteroatoms. The van der Waals surface area contributed by atoms with Gasteiger partial charge in [-0.15, -0.1) is 0 Å². The van der Waals surface area contributed by atoms with Crippen molar-refractivity contribution in [3.8, 4) is 0 Å². The molecule has 110 valence electrons. The van der Waals surface area contributed by atoms with Crippen LogP contribution < -0.4 is 0 Å². The van der Waals surface area contributed by atoms with Crippen molar-refractivity contribution in [3.63, 3.8) is 0 Å². The van der Waals surface area contributed by atoms with Gasteiger partial charge in [-0.3, -0.25) is 0 Å². The van der Waals surface area contributed by atoms with Crippen molar-refractivity contribution in [1.29, 1.82) is 0 Å². The molecule has 21 heavy (non-hydrogen) atoms. The Labute approximate surface area is 134 Å². The summed E-state index contributed by atoms with van der Waals surface area (Å²) in [6.07, 6.45) is 0. The Bertz CT molecular complexity index is 774. The summed E-state index contributed by atoms with van der Waals surface area (Å²) in [7, 11) is -3.80. The van der Waals surface area contributed by atoms with Gasteiger partial charge in [0.25, 0.3) is 0 Å². The Kier molecular flexibility index (Phi) is 4.77. The zero-order chi connectivity index (χ0) is 15.6. The SMILES string of the molecule is Cc1ccc(/C(Cl)=C(/Cl)S(=O)(=O)c2ccc(C)cc2)cc1. The zero-order valence-corrected chi connectivity index (χ0v) is 13.9. The molecule has 0 heterocycles. The summed E-state index contributed by atoms with van der Waals surface area (Å²) < 4.78 is 24.5. The second kappa shape index (κ2) is 6.22. The third-order valence-electron chi connectivity index (χ3n) is 3.04. The van der Waals surface area contributed by atoms with E-state index in [4.69, 9.17) is 23.2 Å². The van der Waals surface area contributed by atoms with Crippen LogP contribution in [0, 0.1) is 13.8 Å². The van der Waals surface area contributed by atoms with Crippen LogP contribution in [-0.2, 0) is 9.84 Å². The first kappa shape index (κ1) is 16.1. The van der Waals surface area contributed by atoms with Gasteiger partial charge in [0, 0.05) is 0 Å². The third-order valence-corrected chi connectivity index (χ3v) is 6.03. The van der Waals surface area contributed by atoms with Gasteiger partial charge >= 0.3 is 0 Å². The standard InChI is InChI=1S/C16H14Cl2O2S/c1-11-3-7-13(8-4-11)15(17)16(18)21(19,20)14-9-5-12(2)6-10-14/h3-10H,1-2H3/b16-15+. The molecule has 2 aromatic rings. The maximum atomic E-state index is 12.5. The second-order valence-electron chi connectivity index (χ2n) is 4.77. The molecule has 0 unspecified atom stereocenters. The molecule has 0 saturated heterocycles. The Morgan fingerprint density at radius 3 is 1.71 bits per heavy atom. The second-order valence-corrected chi connectivity index (χ2v) is 7.64. The molecule has 0 saturated carbocycles. The van der Waals surface area contributed by atoms with E-state index in [-0.39, 0.29) is 14.3 Å². The quantitative estimate of drug-likeness (QED) is 0.797. The van der Waals surface area contributed by atoms with E-state index < -0.39 is 9.84 Å². The lowest BCUT2D eigenvalue weighted by Crippen LogP contribution is -2.02.